The van der Waals surface area contributed by atoms with Crippen molar-refractivity contribution in [3.63, 3.8) is 0 Å². The van der Waals surface area contributed by atoms with Gasteiger partial charge in [-0.15, -0.1) is 0 Å². The summed E-state index contributed by atoms with van der Waals surface area (Å²) in [7, 11) is 0. The Morgan fingerprint density at radius 2 is 1.44 bits per heavy atom. The van der Waals surface area contributed by atoms with Gasteiger partial charge < -0.3 is 4.74 Å². The van der Waals surface area contributed by atoms with Crippen molar-refractivity contribution >= 4 is 5.71 Å². The molecule has 5 aromatic carbocycles. The normalized spacial score (nSPS) is 23.3. The molecule has 0 saturated carbocycles. The number of hydrogen-bond donors (Lipinski definition) is 0. The summed E-state index contributed by atoms with van der Waals surface area (Å²) in [6.07, 6.45) is 16.6. The van der Waals surface area contributed by atoms with E-state index in [4.69, 9.17) is 16.3 Å². The lowest BCUT2D eigenvalue weighted by atomic mass is 9.61. The lowest BCUT2D eigenvalue weighted by Crippen LogP contribution is -2.37. The van der Waals surface area contributed by atoms with Crippen LogP contribution in [0.1, 0.15) is 66.8 Å². The Balaban J connectivity index is 1.13. The minimum Gasteiger partial charge on any atom is -0.457 e. The Hall–Kier alpha value is -5.99. The van der Waals surface area contributed by atoms with Crippen LogP contribution in [0.4, 0.5) is 0 Å². The predicted molar refractivity (Wildman–Crippen MR) is 224 cm³/mol. The fraction of sp³-hybridized carbons (Fsp3) is 0.173. The highest BCUT2D eigenvalue weighted by atomic mass is 16.5. The summed E-state index contributed by atoms with van der Waals surface area (Å²) in [5, 5.41) is 0. The molecule has 0 amide bonds. The first-order valence-corrected chi connectivity index (χ1v) is 19.4. The van der Waals surface area contributed by atoms with Gasteiger partial charge in [-0.05, 0) is 99.9 Å². The third-order valence-corrected chi connectivity index (χ3v) is 11.8. The van der Waals surface area contributed by atoms with Gasteiger partial charge >= 0.3 is 0 Å². The molecular weight excluding hydrogens is 655 g/mol. The lowest BCUT2D eigenvalue weighted by molar-refractivity contribution is 0.387. The van der Waals surface area contributed by atoms with Gasteiger partial charge in [0.25, 0.3) is 0 Å². The zero-order valence-electron chi connectivity index (χ0n) is 31.1. The molecule has 2 aliphatic carbocycles. The second-order valence-corrected chi connectivity index (χ2v) is 15.2. The highest BCUT2D eigenvalue weighted by molar-refractivity contribution is 6.14. The van der Waals surface area contributed by atoms with Gasteiger partial charge in [0.2, 0.25) is 0 Å². The molecule has 2 heterocycles. The topological polar surface area (TPSA) is 21.6 Å². The largest absolute Gasteiger partial charge is 0.457 e. The first-order chi connectivity index (χ1) is 26.5. The van der Waals surface area contributed by atoms with E-state index in [9.17, 15) is 0 Å². The fourth-order valence-electron chi connectivity index (χ4n) is 8.89. The average Bonchev–Trinajstić information content (AvgIpc) is 3.36. The number of allylic oxidation sites excluding steroid dienone is 8. The van der Waals surface area contributed by atoms with E-state index in [0.29, 0.717) is 5.92 Å². The van der Waals surface area contributed by atoms with Gasteiger partial charge in [0.15, 0.2) is 0 Å². The molecular formula is C52H45NO. The number of fused-ring (bicyclic) bond motifs is 1. The molecule has 9 rings (SSSR count). The molecule has 0 bridgehead atoms. The summed E-state index contributed by atoms with van der Waals surface area (Å²) < 4.78 is 6.57. The standard InChI is InChI=1S/C52H45NO/c1-35-25-27-40(28-26-35)48-34-45(39-15-6-4-7-16-39)36(2)37(3)51(53-48)42-18-14-17-41(33-42)38-29-31-44(32-30-38)52(43-19-8-5-9-20-43)46-21-10-12-23-49(46)54-50-24-13-11-22-47(50)52/h4-10,12-21,23-25,27-36,45H,3,11,22,26H2,1-2H3/t35?,36-,45?,52?/m1/s1. The van der Waals surface area contributed by atoms with Crippen molar-refractivity contribution in [3.05, 3.63) is 232 Å². The third kappa shape index (κ3) is 5.87. The van der Waals surface area contributed by atoms with Crippen LogP contribution in [0.25, 0.3) is 11.1 Å². The van der Waals surface area contributed by atoms with Crippen LogP contribution in [0.2, 0.25) is 0 Å². The summed E-state index contributed by atoms with van der Waals surface area (Å²) in [5.41, 5.74) is 13.5. The van der Waals surface area contributed by atoms with Crippen molar-refractivity contribution in [1.82, 2.24) is 0 Å². The number of rotatable bonds is 6. The number of para-hydroxylation sites is 1. The molecule has 0 N–H and O–H groups in total. The lowest BCUT2D eigenvalue weighted by Gasteiger charge is -2.43. The molecule has 0 aromatic heterocycles. The van der Waals surface area contributed by atoms with Crippen LogP contribution in [-0.2, 0) is 5.41 Å². The number of hydrogen-bond acceptors (Lipinski definition) is 2. The zero-order valence-corrected chi connectivity index (χ0v) is 31.1. The van der Waals surface area contributed by atoms with E-state index >= 15 is 0 Å². The monoisotopic (exact) mass is 699 g/mol. The Kier molecular flexibility index (Phi) is 8.83. The zero-order chi connectivity index (χ0) is 36.6. The molecule has 264 valence electrons. The molecule has 4 atom stereocenters. The smallest absolute Gasteiger partial charge is 0.132 e. The van der Waals surface area contributed by atoms with Crippen LogP contribution in [0, 0.1) is 11.8 Å². The quantitative estimate of drug-likeness (QED) is 0.173. The number of benzene rings is 5. The summed E-state index contributed by atoms with van der Waals surface area (Å²) in [6.45, 7) is 9.27. The Labute approximate surface area is 320 Å². The van der Waals surface area contributed by atoms with Gasteiger partial charge in [0, 0.05) is 17.0 Å². The Morgan fingerprint density at radius 1 is 0.722 bits per heavy atom. The van der Waals surface area contributed by atoms with Gasteiger partial charge in [-0.1, -0.05) is 166 Å². The van der Waals surface area contributed by atoms with E-state index in [0.717, 1.165) is 58.9 Å². The van der Waals surface area contributed by atoms with Crippen molar-refractivity contribution < 1.29 is 4.74 Å². The predicted octanol–water partition coefficient (Wildman–Crippen LogP) is 12.9. The van der Waals surface area contributed by atoms with E-state index in [1.54, 1.807) is 0 Å². The van der Waals surface area contributed by atoms with Crippen molar-refractivity contribution in [1.29, 1.82) is 0 Å². The maximum Gasteiger partial charge on any atom is 0.132 e. The molecule has 0 radical (unpaired) electrons. The average molecular weight is 700 g/mol. The summed E-state index contributed by atoms with van der Waals surface area (Å²) in [6, 6.07) is 48.4. The van der Waals surface area contributed by atoms with E-state index in [1.807, 2.05) is 0 Å². The highest BCUT2D eigenvalue weighted by Crippen LogP contribution is 2.55. The first kappa shape index (κ1) is 33.8. The molecule has 0 spiro atoms. The third-order valence-electron chi connectivity index (χ3n) is 11.8. The van der Waals surface area contributed by atoms with Gasteiger partial charge in [0.1, 0.15) is 11.5 Å². The first-order valence-electron chi connectivity index (χ1n) is 19.4. The van der Waals surface area contributed by atoms with Gasteiger partial charge in [-0.3, -0.25) is 0 Å². The summed E-state index contributed by atoms with van der Waals surface area (Å²) in [4.78, 5) is 5.45. The SMILES string of the molecule is C=C1C(c2cccc(-c3ccc(C4(c5ccccc5)C5=C(C=CCC5)Oc5ccccc54)cc3)c2)=NC(C2=CCC(C)C=C2)=CC(c2ccccc2)[C@@H]1C. The minimum atomic E-state index is -0.461. The molecule has 3 unspecified atom stereocenters. The maximum absolute atomic E-state index is 6.57. The maximum atomic E-state index is 6.57. The van der Waals surface area contributed by atoms with Crippen LogP contribution >= 0.6 is 0 Å². The molecule has 2 aliphatic heterocycles. The fourth-order valence-corrected chi connectivity index (χ4v) is 8.89. The number of aliphatic imine (C=N–C) groups is 1. The second-order valence-electron chi connectivity index (χ2n) is 15.2. The molecule has 0 saturated heterocycles. The van der Waals surface area contributed by atoms with E-state index in [1.165, 1.54) is 39.0 Å². The van der Waals surface area contributed by atoms with Crippen LogP contribution in [0.3, 0.4) is 0 Å². The molecule has 5 aromatic rings. The van der Waals surface area contributed by atoms with Gasteiger partial charge in [-0.25, -0.2) is 4.99 Å². The summed E-state index contributed by atoms with van der Waals surface area (Å²) >= 11 is 0. The number of ether oxygens (including phenoxy) is 1. The van der Waals surface area contributed by atoms with Gasteiger partial charge in [-0.2, -0.15) is 0 Å². The van der Waals surface area contributed by atoms with Crippen LogP contribution in [0.15, 0.2) is 210 Å². The second kappa shape index (κ2) is 14.1. The van der Waals surface area contributed by atoms with E-state index in [-0.39, 0.29) is 11.8 Å². The molecule has 2 nitrogen and oxygen atoms in total. The van der Waals surface area contributed by atoms with Gasteiger partial charge in [0.05, 0.1) is 16.8 Å². The van der Waals surface area contributed by atoms with E-state index in [2.05, 4.69) is 184 Å². The molecule has 2 heteroatoms. The van der Waals surface area contributed by atoms with Crippen LogP contribution in [-0.4, -0.2) is 5.71 Å². The van der Waals surface area contributed by atoms with E-state index < -0.39 is 5.41 Å². The van der Waals surface area contributed by atoms with Crippen molar-refractivity contribution in [2.45, 2.75) is 44.4 Å². The van der Waals surface area contributed by atoms with Crippen molar-refractivity contribution in [3.8, 4) is 16.9 Å². The molecule has 4 aliphatic rings. The summed E-state index contributed by atoms with van der Waals surface area (Å²) in [5.74, 6) is 2.76. The Bertz CT molecular complexity index is 2420. The van der Waals surface area contributed by atoms with Crippen LogP contribution in [0.5, 0.6) is 5.75 Å². The molecule has 0 fully saturated rings. The Morgan fingerprint density at radius 3 is 2.22 bits per heavy atom. The number of nitrogens with zero attached hydrogens (tertiary/aromatic N) is 1. The van der Waals surface area contributed by atoms with Crippen molar-refractivity contribution in [2.24, 2.45) is 16.8 Å². The highest BCUT2D eigenvalue weighted by Gasteiger charge is 2.46. The molecule has 54 heavy (non-hydrogen) atoms. The van der Waals surface area contributed by atoms with Crippen molar-refractivity contribution in [2.75, 3.05) is 0 Å². The minimum absolute atomic E-state index is 0.168. The van der Waals surface area contributed by atoms with Crippen LogP contribution < -0.4 is 4.74 Å².